The monoisotopic (exact) mass is 258 g/mol. The van der Waals surface area contributed by atoms with Crippen LogP contribution in [0.1, 0.15) is 26.3 Å². The van der Waals surface area contributed by atoms with E-state index in [4.69, 9.17) is 21.1 Å². The van der Waals surface area contributed by atoms with E-state index in [1.54, 1.807) is 26.2 Å². The molecule has 0 radical (unpaired) electrons. The first-order valence-electron chi connectivity index (χ1n) is 5.65. The van der Waals surface area contributed by atoms with Gasteiger partial charge >= 0.3 is 0 Å². The molecule has 0 bridgehead atoms. The van der Waals surface area contributed by atoms with E-state index in [1.807, 2.05) is 13.8 Å². The van der Waals surface area contributed by atoms with E-state index in [2.05, 4.69) is 0 Å². The van der Waals surface area contributed by atoms with Crippen molar-refractivity contribution < 1.29 is 14.6 Å². The summed E-state index contributed by atoms with van der Waals surface area (Å²) in [6.45, 7) is 5.62. The molecular weight excluding hydrogens is 240 g/mol. The maximum Gasteiger partial charge on any atom is 0.164 e. The summed E-state index contributed by atoms with van der Waals surface area (Å²) in [4.78, 5) is 0. The lowest BCUT2D eigenvalue weighted by Crippen LogP contribution is -2.12. The minimum Gasteiger partial charge on any atom is -0.493 e. The zero-order chi connectivity index (χ0) is 13.0. The summed E-state index contributed by atoms with van der Waals surface area (Å²) in [5.41, 5.74) is 0.859. The number of rotatable bonds is 5. The van der Waals surface area contributed by atoms with Crippen molar-refractivity contribution in [2.75, 3.05) is 7.11 Å². The second-order valence-corrected chi connectivity index (χ2v) is 4.75. The van der Waals surface area contributed by atoms with Crippen LogP contribution in [0.3, 0.4) is 0 Å². The summed E-state index contributed by atoms with van der Waals surface area (Å²) < 4.78 is 11.0. The molecule has 1 aromatic rings. The number of ether oxygens (including phenoxy) is 2. The fourth-order valence-electron chi connectivity index (χ4n) is 1.61. The molecule has 1 unspecified atom stereocenters. The third-order valence-corrected chi connectivity index (χ3v) is 2.40. The van der Waals surface area contributed by atoms with Crippen LogP contribution < -0.4 is 9.47 Å². The number of halogens is 1. The van der Waals surface area contributed by atoms with Gasteiger partial charge in [-0.2, -0.15) is 0 Å². The maximum absolute atomic E-state index is 9.48. The highest BCUT2D eigenvalue weighted by Gasteiger charge is 2.15. The summed E-state index contributed by atoms with van der Waals surface area (Å²) in [6.07, 6.45) is 0.0735. The maximum atomic E-state index is 9.48. The predicted octanol–water partition coefficient (Wildman–Crippen LogP) is 3.06. The van der Waals surface area contributed by atoms with Gasteiger partial charge in [0.05, 0.1) is 19.3 Å². The molecule has 4 heteroatoms. The van der Waals surface area contributed by atoms with Crippen LogP contribution in [-0.4, -0.2) is 24.4 Å². The highest BCUT2D eigenvalue weighted by Crippen LogP contribution is 2.36. The van der Waals surface area contributed by atoms with Crippen molar-refractivity contribution >= 4 is 11.6 Å². The average molecular weight is 259 g/mol. The highest BCUT2D eigenvalue weighted by atomic mass is 35.5. The van der Waals surface area contributed by atoms with Crippen molar-refractivity contribution in [1.29, 1.82) is 0 Å². The average Bonchev–Trinajstić information content (AvgIpc) is 2.20. The fraction of sp³-hybridized carbons (Fsp3) is 0.538. The van der Waals surface area contributed by atoms with E-state index < -0.39 is 6.10 Å². The van der Waals surface area contributed by atoms with E-state index in [0.29, 0.717) is 22.9 Å². The van der Waals surface area contributed by atoms with Gasteiger partial charge in [0.15, 0.2) is 11.5 Å². The second kappa shape index (κ2) is 6.12. The van der Waals surface area contributed by atoms with E-state index in [0.717, 1.165) is 5.56 Å². The standard InChI is InChI=1S/C13H19ClO3/c1-8(2)17-13-10(5-9(3)15)6-11(14)7-12(13)16-4/h6-9,15H,5H2,1-4H3. The number of hydrogen-bond acceptors (Lipinski definition) is 3. The number of benzene rings is 1. The van der Waals surface area contributed by atoms with Crippen LogP contribution in [0, 0.1) is 0 Å². The Balaban J connectivity index is 3.18. The van der Waals surface area contributed by atoms with Gasteiger partial charge in [-0.25, -0.2) is 0 Å². The van der Waals surface area contributed by atoms with E-state index >= 15 is 0 Å². The van der Waals surface area contributed by atoms with E-state index in [1.165, 1.54) is 0 Å². The lowest BCUT2D eigenvalue weighted by molar-refractivity contribution is 0.188. The summed E-state index contributed by atoms with van der Waals surface area (Å²) in [7, 11) is 1.57. The van der Waals surface area contributed by atoms with Gasteiger partial charge in [-0.05, 0) is 26.8 Å². The van der Waals surface area contributed by atoms with Crippen molar-refractivity contribution in [2.24, 2.45) is 0 Å². The van der Waals surface area contributed by atoms with E-state index in [9.17, 15) is 5.11 Å². The molecule has 96 valence electrons. The molecule has 1 N–H and O–H groups in total. The third kappa shape index (κ3) is 4.10. The summed E-state index contributed by atoms with van der Waals surface area (Å²) in [5.74, 6) is 1.26. The lowest BCUT2D eigenvalue weighted by atomic mass is 10.1. The Hall–Kier alpha value is -0.930. The highest BCUT2D eigenvalue weighted by molar-refractivity contribution is 6.30. The van der Waals surface area contributed by atoms with Crippen LogP contribution in [0.2, 0.25) is 5.02 Å². The number of methoxy groups -OCH3 is 1. The normalized spacial score (nSPS) is 12.6. The summed E-state index contributed by atoms with van der Waals surface area (Å²) in [6, 6.07) is 3.51. The molecule has 0 spiro atoms. The molecule has 0 aliphatic carbocycles. The minimum atomic E-state index is -0.451. The van der Waals surface area contributed by atoms with E-state index in [-0.39, 0.29) is 6.10 Å². The first kappa shape index (κ1) is 14.1. The molecule has 0 fully saturated rings. The first-order chi connectivity index (χ1) is 7.93. The zero-order valence-corrected chi connectivity index (χ0v) is 11.4. The second-order valence-electron chi connectivity index (χ2n) is 4.32. The molecule has 3 nitrogen and oxygen atoms in total. The summed E-state index contributed by atoms with van der Waals surface area (Å²) in [5, 5.41) is 10.1. The first-order valence-corrected chi connectivity index (χ1v) is 6.03. The molecule has 0 saturated carbocycles. The minimum absolute atomic E-state index is 0.0397. The van der Waals surface area contributed by atoms with Crippen LogP contribution >= 0.6 is 11.6 Å². The molecular formula is C13H19ClO3. The van der Waals surface area contributed by atoms with Gasteiger partial charge in [-0.1, -0.05) is 11.6 Å². The quantitative estimate of drug-likeness (QED) is 0.882. The SMILES string of the molecule is COc1cc(Cl)cc(CC(C)O)c1OC(C)C. The predicted molar refractivity (Wildman–Crippen MR) is 69.2 cm³/mol. The Bertz CT molecular complexity index is 375. The molecule has 17 heavy (non-hydrogen) atoms. The van der Waals surface area contributed by atoms with Crippen molar-refractivity contribution in [3.05, 3.63) is 22.7 Å². The third-order valence-electron chi connectivity index (χ3n) is 2.19. The Kier molecular flexibility index (Phi) is 5.09. The van der Waals surface area contributed by atoms with Gasteiger partial charge in [0, 0.05) is 23.1 Å². The Morgan fingerprint density at radius 1 is 1.29 bits per heavy atom. The van der Waals surface area contributed by atoms with Crippen molar-refractivity contribution in [3.63, 3.8) is 0 Å². The molecule has 1 atom stereocenters. The Labute approximate surface area is 107 Å². The molecule has 0 aliphatic heterocycles. The van der Waals surface area contributed by atoms with Gasteiger partial charge in [-0.3, -0.25) is 0 Å². The molecule has 0 saturated heterocycles. The number of aliphatic hydroxyl groups excluding tert-OH is 1. The van der Waals surface area contributed by atoms with Crippen LogP contribution in [-0.2, 0) is 6.42 Å². The number of aliphatic hydroxyl groups is 1. The number of hydrogen-bond donors (Lipinski definition) is 1. The Morgan fingerprint density at radius 2 is 1.94 bits per heavy atom. The van der Waals surface area contributed by atoms with Crippen molar-refractivity contribution in [1.82, 2.24) is 0 Å². The van der Waals surface area contributed by atoms with Crippen molar-refractivity contribution in [2.45, 2.75) is 39.4 Å². The van der Waals surface area contributed by atoms with Crippen LogP contribution in [0.5, 0.6) is 11.5 Å². The molecule has 0 aliphatic rings. The Morgan fingerprint density at radius 3 is 2.41 bits per heavy atom. The molecule has 1 aromatic carbocycles. The van der Waals surface area contributed by atoms with Crippen LogP contribution in [0.15, 0.2) is 12.1 Å². The van der Waals surface area contributed by atoms with Crippen LogP contribution in [0.25, 0.3) is 0 Å². The fourth-order valence-corrected chi connectivity index (χ4v) is 1.84. The van der Waals surface area contributed by atoms with Crippen LogP contribution in [0.4, 0.5) is 0 Å². The van der Waals surface area contributed by atoms with Gasteiger partial charge in [0.25, 0.3) is 0 Å². The topological polar surface area (TPSA) is 38.7 Å². The molecule has 0 heterocycles. The van der Waals surface area contributed by atoms with Gasteiger partial charge < -0.3 is 14.6 Å². The lowest BCUT2D eigenvalue weighted by Gasteiger charge is -2.18. The van der Waals surface area contributed by atoms with Crippen molar-refractivity contribution in [3.8, 4) is 11.5 Å². The zero-order valence-electron chi connectivity index (χ0n) is 10.7. The largest absolute Gasteiger partial charge is 0.493 e. The van der Waals surface area contributed by atoms with Gasteiger partial charge in [0.1, 0.15) is 0 Å². The van der Waals surface area contributed by atoms with Gasteiger partial charge in [0.2, 0.25) is 0 Å². The molecule has 0 amide bonds. The summed E-state index contributed by atoms with van der Waals surface area (Å²) >= 11 is 6.00. The van der Waals surface area contributed by atoms with Gasteiger partial charge in [-0.15, -0.1) is 0 Å². The molecule has 1 rings (SSSR count). The molecule has 0 aromatic heterocycles. The smallest absolute Gasteiger partial charge is 0.164 e.